The van der Waals surface area contributed by atoms with E-state index in [4.69, 9.17) is 9.47 Å². The Morgan fingerprint density at radius 1 is 1.04 bits per heavy atom. The summed E-state index contributed by atoms with van der Waals surface area (Å²) in [7, 11) is 0. The van der Waals surface area contributed by atoms with E-state index in [-0.39, 0.29) is 24.1 Å². The van der Waals surface area contributed by atoms with Gasteiger partial charge in [0.1, 0.15) is 0 Å². The summed E-state index contributed by atoms with van der Waals surface area (Å²) in [5, 5.41) is 0. The van der Waals surface area contributed by atoms with E-state index >= 15 is 0 Å². The van der Waals surface area contributed by atoms with Crippen molar-refractivity contribution in [2.75, 3.05) is 13.4 Å². The fourth-order valence-electron chi connectivity index (χ4n) is 5.46. The maximum Gasteiger partial charge on any atom is 0.311 e. The first-order chi connectivity index (χ1) is 10.6. The molecule has 5 atom stereocenters. The van der Waals surface area contributed by atoms with Crippen molar-refractivity contribution < 1.29 is 14.3 Å². The van der Waals surface area contributed by atoms with E-state index in [9.17, 15) is 4.79 Å². The van der Waals surface area contributed by atoms with Crippen LogP contribution in [0.25, 0.3) is 0 Å². The van der Waals surface area contributed by atoms with E-state index in [2.05, 4.69) is 41.5 Å². The Bertz CT molecular complexity index is 421. The lowest BCUT2D eigenvalue weighted by Gasteiger charge is -2.49. The monoisotopic (exact) mass is 324 g/mol. The topological polar surface area (TPSA) is 35.5 Å². The smallest absolute Gasteiger partial charge is 0.311 e. The molecule has 2 aliphatic carbocycles. The van der Waals surface area contributed by atoms with E-state index in [1.54, 1.807) is 0 Å². The van der Waals surface area contributed by atoms with Crippen LogP contribution in [0.1, 0.15) is 67.7 Å². The summed E-state index contributed by atoms with van der Waals surface area (Å²) in [6.45, 7) is 16.8. The van der Waals surface area contributed by atoms with Gasteiger partial charge in [-0.3, -0.25) is 4.79 Å². The highest BCUT2D eigenvalue weighted by Crippen LogP contribution is 2.65. The van der Waals surface area contributed by atoms with E-state index in [0.29, 0.717) is 35.7 Å². The van der Waals surface area contributed by atoms with Crippen molar-refractivity contribution in [2.24, 2.45) is 40.4 Å². The molecule has 0 aromatic heterocycles. The van der Waals surface area contributed by atoms with Gasteiger partial charge >= 0.3 is 5.97 Å². The van der Waals surface area contributed by atoms with Gasteiger partial charge in [0.2, 0.25) is 0 Å². The number of esters is 1. The zero-order valence-corrected chi connectivity index (χ0v) is 16.1. The quantitative estimate of drug-likeness (QED) is 0.396. The molecule has 2 saturated carbocycles. The molecule has 23 heavy (non-hydrogen) atoms. The minimum atomic E-state index is -0.0343. The van der Waals surface area contributed by atoms with E-state index in [1.165, 1.54) is 12.8 Å². The lowest BCUT2D eigenvalue weighted by molar-refractivity contribution is -0.165. The van der Waals surface area contributed by atoms with Gasteiger partial charge in [0.15, 0.2) is 6.79 Å². The van der Waals surface area contributed by atoms with Gasteiger partial charge < -0.3 is 9.47 Å². The summed E-state index contributed by atoms with van der Waals surface area (Å²) in [4.78, 5) is 12.5. The van der Waals surface area contributed by atoms with Gasteiger partial charge in [-0.25, -0.2) is 0 Å². The van der Waals surface area contributed by atoms with Gasteiger partial charge in [-0.1, -0.05) is 48.0 Å². The second kappa shape index (κ2) is 6.74. The first-order valence-electron chi connectivity index (χ1n) is 9.37. The van der Waals surface area contributed by atoms with Gasteiger partial charge in [-0.2, -0.15) is 0 Å². The lowest BCUT2D eigenvalue weighted by atomic mass is 9.56. The molecule has 0 aromatic carbocycles. The Hall–Kier alpha value is -0.570. The molecule has 0 heterocycles. The maximum atomic E-state index is 12.5. The second-order valence-electron chi connectivity index (χ2n) is 9.34. The van der Waals surface area contributed by atoms with E-state index in [0.717, 1.165) is 6.42 Å². The maximum absolute atomic E-state index is 12.5. The van der Waals surface area contributed by atoms with Crippen LogP contribution in [0.2, 0.25) is 0 Å². The van der Waals surface area contributed by atoms with Crippen LogP contribution >= 0.6 is 0 Å². The van der Waals surface area contributed by atoms with Crippen LogP contribution in [0, 0.1) is 40.4 Å². The predicted octanol–water partition coefficient (Wildman–Crippen LogP) is 4.89. The van der Waals surface area contributed by atoms with Gasteiger partial charge in [0.05, 0.1) is 5.92 Å². The first kappa shape index (κ1) is 18.8. The number of ether oxygens (including phenoxy) is 2. The van der Waals surface area contributed by atoms with Gasteiger partial charge in [0.25, 0.3) is 0 Å². The molecule has 0 N–H and O–H groups in total. The fourth-order valence-corrected chi connectivity index (χ4v) is 5.46. The minimum Gasteiger partial charge on any atom is -0.438 e. The second-order valence-corrected chi connectivity index (χ2v) is 9.34. The van der Waals surface area contributed by atoms with Gasteiger partial charge in [0, 0.05) is 6.61 Å². The third-order valence-corrected chi connectivity index (χ3v) is 6.61. The zero-order chi connectivity index (χ0) is 17.4. The molecule has 0 spiro atoms. The molecule has 0 radical (unpaired) electrons. The SMILES string of the molecule is CCOCOC(=O)C1CC2CC1C(C(C)(C)C)C2C(C)(C)CC. The molecule has 2 rings (SSSR count). The van der Waals surface area contributed by atoms with Gasteiger partial charge in [-0.15, -0.1) is 0 Å². The summed E-state index contributed by atoms with van der Waals surface area (Å²) in [6, 6.07) is 0. The van der Waals surface area contributed by atoms with Crippen LogP contribution < -0.4 is 0 Å². The summed E-state index contributed by atoms with van der Waals surface area (Å²) in [6.07, 6.45) is 3.41. The highest BCUT2D eigenvalue weighted by atomic mass is 16.7. The Kier molecular flexibility index (Phi) is 5.50. The molecule has 2 aliphatic rings. The first-order valence-corrected chi connectivity index (χ1v) is 9.37. The van der Waals surface area contributed by atoms with E-state index < -0.39 is 0 Å². The third kappa shape index (κ3) is 3.60. The molecule has 5 unspecified atom stereocenters. The molecular weight excluding hydrogens is 288 g/mol. The molecule has 0 aromatic rings. The Balaban J connectivity index is 2.17. The van der Waals surface area contributed by atoms with Crippen molar-refractivity contribution >= 4 is 5.97 Å². The number of hydrogen-bond acceptors (Lipinski definition) is 3. The van der Waals surface area contributed by atoms with Crippen LogP contribution in [-0.2, 0) is 14.3 Å². The largest absolute Gasteiger partial charge is 0.438 e. The average Bonchev–Trinajstić information content (AvgIpc) is 3.04. The summed E-state index contributed by atoms with van der Waals surface area (Å²) in [5.41, 5.74) is 0.576. The van der Waals surface area contributed by atoms with Crippen LogP contribution in [0.4, 0.5) is 0 Å². The minimum absolute atomic E-state index is 0.0343. The highest BCUT2D eigenvalue weighted by Gasteiger charge is 2.60. The highest BCUT2D eigenvalue weighted by molar-refractivity contribution is 5.73. The van der Waals surface area contributed by atoms with Crippen LogP contribution in [-0.4, -0.2) is 19.4 Å². The summed E-state index contributed by atoms with van der Waals surface area (Å²) in [5.74, 6) is 2.50. The number of rotatable bonds is 6. The van der Waals surface area contributed by atoms with Crippen molar-refractivity contribution in [1.82, 2.24) is 0 Å². The molecular formula is C20H36O3. The summed E-state index contributed by atoms with van der Waals surface area (Å²) < 4.78 is 10.6. The number of carbonyl (C=O) groups excluding carboxylic acids is 1. The zero-order valence-electron chi connectivity index (χ0n) is 16.1. The van der Waals surface area contributed by atoms with Crippen molar-refractivity contribution in [2.45, 2.75) is 67.7 Å². The van der Waals surface area contributed by atoms with Crippen molar-refractivity contribution in [3.8, 4) is 0 Å². The molecule has 0 saturated heterocycles. The van der Waals surface area contributed by atoms with Crippen molar-refractivity contribution in [1.29, 1.82) is 0 Å². The van der Waals surface area contributed by atoms with E-state index in [1.807, 2.05) is 6.92 Å². The predicted molar refractivity (Wildman–Crippen MR) is 92.8 cm³/mol. The normalized spacial score (nSPS) is 34.0. The number of fused-ring (bicyclic) bond motifs is 2. The van der Waals surface area contributed by atoms with Crippen molar-refractivity contribution in [3.05, 3.63) is 0 Å². The molecule has 0 aliphatic heterocycles. The molecule has 134 valence electrons. The standard InChI is InChI=1S/C20H36O3/c1-8-20(6,7)16-13-10-14(17(16)19(3,4)5)15(11-13)18(21)23-12-22-9-2/h13-17H,8-12H2,1-7H3. The Morgan fingerprint density at radius 3 is 2.22 bits per heavy atom. The fraction of sp³-hybridized carbons (Fsp3) is 0.950. The number of carbonyl (C=O) groups is 1. The van der Waals surface area contributed by atoms with Gasteiger partial charge in [-0.05, 0) is 54.3 Å². The molecule has 2 bridgehead atoms. The van der Waals surface area contributed by atoms with Crippen molar-refractivity contribution in [3.63, 3.8) is 0 Å². The Labute approximate surface area is 142 Å². The Morgan fingerprint density at radius 2 is 1.70 bits per heavy atom. The molecule has 0 amide bonds. The van der Waals surface area contributed by atoms with Crippen LogP contribution in [0.15, 0.2) is 0 Å². The molecule has 3 heteroatoms. The van der Waals surface area contributed by atoms with Crippen LogP contribution in [0.5, 0.6) is 0 Å². The summed E-state index contributed by atoms with van der Waals surface area (Å²) >= 11 is 0. The third-order valence-electron chi connectivity index (χ3n) is 6.61. The number of hydrogen-bond donors (Lipinski definition) is 0. The average molecular weight is 325 g/mol. The molecule has 3 nitrogen and oxygen atoms in total. The lowest BCUT2D eigenvalue weighted by Crippen LogP contribution is -2.45. The van der Waals surface area contributed by atoms with Crippen LogP contribution in [0.3, 0.4) is 0 Å². The molecule has 2 fully saturated rings.